The van der Waals surface area contributed by atoms with Crippen molar-refractivity contribution in [1.29, 1.82) is 0 Å². The molecule has 3 heterocycles. The number of hydrogen-bond acceptors (Lipinski definition) is 7. The molecule has 0 saturated carbocycles. The quantitative estimate of drug-likeness (QED) is 0.227. The number of alkyl halides is 6. The van der Waals surface area contributed by atoms with E-state index >= 15 is 4.39 Å². The number of carboxylic acid groups (broad SMARTS) is 2. The van der Waals surface area contributed by atoms with Crippen molar-refractivity contribution in [1.82, 2.24) is 25.4 Å². The van der Waals surface area contributed by atoms with Crippen LogP contribution in [0, 0.1) is 5.82 Å². The molecular weight excluding hydrogens is 641 g/mol. The Morgan fingerprint density at radius 2 is 1.23 bits per heavy atom. The first-order chi connectivity index (χ1) is 22.0. The molecule has 1 aromatic heterocycles. The van der Waals surface area contributed by atoms with E-state index in [0.717, 1.165) is 50.1 Å². The molecule has 2 aromatic carbocycles. The number of aromatic nitrogens is 3. The third-order valence-electron chi connectivity index (χ3n) is 6.96. The number of rotatable bonds is 5. The summed E-state index contributed by atoms with van der Waals surface area (Å²) in [5.41, 5.74) is 6.77. The summed E-state index contributed by atoms with van der Waals surface area (Å²) in [4.78, 5) is 17.8. The molecule has 0 atom stereocenters. The standard InChI is InChI=1S/C26H29FN6.2C2HF3O2/c1-28-23-16-21(19-9-13-30-14-10-19)15-22(27)24(23)26-32-31-25(33(26)2)20-5-3-17(4-6-20)18-7-11-29-12-8-18;2*3-2(4,5)1(6)7/h3-7,9,15-16,28-30H,8,10-14H2,1-2H3;2*(H,6,7). The Morgan fingerprint density at radius 1 is 0.787 bits per heavy atom. The van der Waals surface area contributed by atoms with E-state index in [-0.39, 0.29) is 5.82 Å². The molecule has 0 unspecified atom stereocenters. The Hall–Kier alpha value is -4.77. The van der Waals surface area contributed by atoms with Gasteiger partial charge in [-0.05, 0) is 60.3 Å². The van der Waals surface area contributed by atoms with Crippen LogP contribution in [0.25, 0.3) is 33.9 Å². The zero-order valence-corrected chi connectivity index (χ0v) is 25.1. The molecule has 2 aliphatic rings. The largest absolute Gasteiger partial charge is 0.490 e. The predicted molar refractivity (Wildman–Crippen MR) is 160 cm³/mol. The summed E-state index contributed by atoms with van der Waals surface area (Å²) in [5, 5.41) is 32.8. The number of halogens is 7. The van der Waals surface area contributed by atoms with Crippen molar-refractivity contribution in [3.05, 3.63) is 65.5 Å². The number of anilines is 1. The minimum atomic E-state index is -5.08. The molecule has 10 nitrogen and oxygen atoms in total. The van der Waals surface area contributed by atoms with Gasteiger partial charge in [-0.3, -0.25) is 0 Å². The molecule has 0 bridgehead atoms. The van der Waals surface area contributed by atoms with Crippen molar-refractivity contribution in [2.75, 3.05) is 38.5 Å². The van der Waals surface area contributed by atoms with Crippen LogP contribution in [0.3, 0.4) is 0 Å². The molecule has 0 radical (unpaired) electrons. The van der Waals surface area contributed by atoms with Gasteiger partial charge in [-0.15, -0.1) is 10.2 Å². The van der Waals surface area contributed by atoms with E-state index in [9.17, 15) is 26.3 Å². The van der Waals surface area contributed by atoms with Crippen LogP contribution in [0.5, 0.6) is 0 Å². The van der Waals surface area contributed by atoms with Gasteiger partial charge in [-0.25, -0.2) is 14.0 Å². The lowest BCUT2D eigenvalue weighted by atomic mass is 9.97. The molecular formula is C30H31F7N6O4. The molecule has 2 aliphatic heterocycles. The normalized spacial score (nSPS) is 14.8. The Labute approximate surface area is 264 Å². The molecule has 0 saturated heterocycles. The second-order valence-corrected chi connectivity index (χ2v) is 10.1. The van der Waals surface area contributed by atoms with Crippen molar-refractivity contribution < 1.29 is 50.5 Å². The van der Waals surface area contributed by atoms with Gasteiger partial charge in [0.05, 0.1) is 5.56 Å². The van der Waals surface area contributed by atoms with Gasteiger partial charge in [-0.1, -0.05) is 36.4 Å². The summed E-state index contributed by atoms with van der Waals surface area (Å²) in [6.07, 6.45) is -3.88. The summed E-state index contributed by atoms with van der Waals surface area (Å²) >= 11 is 0. The van der Waals surface area contributed by atoms with Crippen LogP contribution in [-0.2, 0) is 16.6 Å². The zero-order valence-electron chi connectivity index (χ0n) is 25.1. The van der Waals surface area contributed by atoms with E-state index in [1.165, 1.54) is 16.7 Å². The summed E-state index contributed by atoms with van der Waals surface area (Å²) in [5.74, 6) is -4.60. The molecule has 0 fully saturated rings. The van der Waals surface area contributed by atoms with Gasteiger partial charge in [0, 0.05) is 38.4 Å². The van der Waals surface area contributed by atoms with Gasteiger partial charge < -0.3 is 30.7 Å². The minimum absolute atomic E-state index is 0.300. The first-order valence-corrected chi connectivity index (χ1v) is 14.0. The minimum Gasteiger partial charge on any atom is -0.475 e. The van der Waals surface area contributed by atoms with Gasteiger partial charge in [0.15, 0.2) is 11.6 Å². The summed E-state index contributed by atoms with van der Waals surface area (Å²) in [6.45, 7) is 3.64. The maximum absolute atomic E-state index is 15.4. The zero-order chi connectivity index (χ0) is 34.9. The Balaban J connectivity index is 0.000000360. The SMILES string of the molecule is CNc1cc(C2=CCNCC2)cc(F)c1-c1nnc(-c2ccc(C3=CCNCC3)cc2)n1C.O=C(O)C(F)(F)F.O=C(O)C(F)(F)F. The van der Waals surface area contributed by atoms with Crippen LogP contribution in [0.2, 0.25) is 0 Å². The van der Waals surface area contributed by atoms with E-state index < -0.39 is 24.3 Å². The molecule has 0 amide bonds. The number of aliphatic carboxylic acids is 2. The third-order valence-corrected chi connectivity index (χ3v) is 6.96. The number of nitrogens with zero attached hydrogens (tertiary/aromatic N) is 3. The molecule has 5 N–H and O–H groups in total. The third kappa shape index (κ3) is 9.86. The Morgan fingerprint density at radius 3 is 1.66 bits per heavy atom. The molecule has 47 heavy (non-hydrogen) atoms. The maximum Gasteiger partial charge on any atom is 0.490 e. The second kappa shape index (κ2) is 15.7. The lowest BCUT2D eigenvalue weighted by Crippen LogP contribution is -2.21. The smallest absolute Gasteiger partial charge is 0.475 e. The van der Waals surface area contributed by atoms with E-state index in [2.05, 4.69) is 62.6 Å². The van der Waals surface area contributed by atoms with E-state index in [4.69, 9.17) is 19.8 Å². The van der Waals surface area contributed by atoms with Gasteiger partial charge in [0.25, 0.3) is 0 Å². The van der Waals surface area contributed by atoms with Crippen LogP contribution in [-0.4, -0.2) is 82.5 Å². The fourth-order valence-electron chi connectivity index (χ4n) is 4.62. The number of carbonyl (C=O) groups is 2. The average molecular weight is 673 g/mol. The first kappa shape index (κ1) is 36.7. The highest BCUT2D eigenvalue weighted by Gasteiger charge is 2.38. The fraction of sp³-hybridized carbons (Fsp3) is 0.333. The summed E-state index contributed by atoms with van der Waals surface area (Å²) in [7, 11) is 3.69. The van der Waals surface area contributed by atoms with Crippen LogP contribution < -0.4 is 16.0 Å². The fourth-order valence-corrected chi connectivity index (χ4v) is 4.62. The highest BCUT2D eigenvalue weighted by atomic mass is 19.4. The van der Waals surface area contributed by atoms with Crippen LogP contribution >= 0.6 is 0 Å². The van der Waals surface area contributed by atoms with Crippen LogP contribution in [0.15, 0.2) is 48.6 Å². The highest BCUT2D eigenvalue weighted by molar-refractivity contribution is 5.81. The summed E-state index contributed by atoms with van der Waals surface area (Å²) in [6, 6.07) is 12.0. The number of hydrogen-bond donors (Lipinski definition) is 5. The topological polar surface area (TPSA) is 141 Å². The number of nitrogens with one attached hydrogen (secondary N) is 3. The lowest BCUT2D eigenvalue weighted by Gasteiger charge is -2.17. The molecule has 5 rings (SSSR count). The average Bonchev–Trinajstić information content (AvgIpc) is 3.41. The van der Waals surface area contributed by atoms with Gasteiger partial charge in [-0.2, -0.15) is 26.3 Å². The maximum atomic E-state index is 15.4. The monoisotopic (exact) mass is 672 g/mol. The number of carboxylic acids is 2. The van der Waals surface area contributed by atoms with E-state index in [0.29, 0.717) is 22.9 Å². The van der Waals surface area contributed by atoms with Gasteiger partial charge in [0.2, 0.25) is 0 Å². The molecule has 0 spiro atoms. The Kier molecular flexibility index (Phi) is 12.2. The molecule has 254 valence electrons. The van der Waals surface area contributed by atoms with Crippen molar-refractivity contribution in [2.45, 2.75) is 25.2 Å². The van der Waals surface area contributed by atoms with Gasteiger partial charge in [0.1, 0.15) is 5.82 Å². The van der Waals surface area contributed by atoms with E-state index in [1.54, 1.807) is 6.07 Å². The highest BCUT2D eigenvalue weighted by Crippen LogP contribution is 2.35. The van der Waals surface area contributed by atoms with Crippen molar-refractivity contribution in [3.63, 3.8) is 0 Å². The predicted octanol–water partition coefficient (Wildman–Crippen LogP) is 5.35. The van der Waals surface area contributed by atoms with Crippen molar-refractivity contribution in [3.8, 4) is 22.8 Å². The molecule has 0 aliphatic carbocycles. The van der Waals surface area contributed by atoms with Crippen molar-refractivity contribution in [2.24, 2.45) is 7.05 Å². The summed E-state index contributed by atoms with van der Waals surface area (Å²) < 4.78 is 80.7. The number of benzene rings is 2. The van der Waals surface area contributed by atoms with Crippen LogP contribution in [0.4, 0.5) is 36.4 Å². The lowest BCUT2D eigenvalue weighted by molar-refractivity contribution is -0.193. The molecule has 3 aromatic rings. The van der Waals surface area contributed by atoms with Crippen LogP contribution in [0.1, 0.15) is 24.0 Å². The van der Waals surface area contributed by atoms with Crippen molar-refractivity contribution >= 4 is 28.8 Å². The van der Waals surface area contributed by atoms with Gasteiger partial charge >= 0.3 is 24.3 Å². The second-order valence-electron chi connectivity index (χ2n) is 10.1. The molecule has 17 heteroatoms. The first-order valence-electron chi connectivity index (χ1n) is 14.0. The van der Waals surface area contributed by atoms with E-state index in [1.807, 2.05) is 24.7 Å². The Bertz CT molecular complexity index is 1610.